The standard InChI is InChI=1S/C28H30N2O3.ClH/c31-28(25-4-2-18-32-25)30-16-13-23(14-17-30)33-22-10-7-19(8-11-22)24-12-9-21-3-1-15-29-27(21)26(24)20-5-6-20;/h1,3,7-12,15,20,23,25H,2,4-6,13-14,16-18H2;1H/t25-;/m1./s1. The molecule has 1 saturated carbocycles. The number of pyridine rings is 1. The van der Waals surface area contributed by atoms with Gasteiger partial charge < -0.3 is 14.4 Å². The van der Waals surface area contributed by atoms with E-state index in [1.807, 2.05) is 17.2 Å². The Hall–Kier alpha value is -2.63. The number of carbonyl (C=O) groups excluding carboxylic acids is 1. The molecule has 6 rings (SSSR count). The molecule has 6 heteroatoms. The number of benzene rings is 2. The molecule has 5 nitrogen and oxygen atoms in total. The molecule has 0 unspecified atom stereocenters. The minimum atomic E-state index is -0.221. The number of aromatic nitrogens is 1. The molecule has 1 amide bonds. The number of likely N-dealkylation sites (tertiary alicyclic amines) is 1. The van der Waals surface area contributed by atoms with E-state index in [1.165, 1.54) is 34.9 Å². The maximum atomic E-state index is 12.6. The Morgan fingerprint density at radius 3 is 2.47 bits per heavy atom. The van der Waals surface area contributed by atoms with Crippen LogP contribution in [0.1, 0.15) is 50.0 Å². The average molecular weight is 479 g/mol. The maximum Gasteiger partial charge on any atom is 0.251 e. The fourth-order valence-electron chi connectivity index (χ4n) is 5.28. The first kappa shape index (κ1) is 23.1. The molecule has 0 bridgehead atoms. The van der Waals surface area contributed by atoms with Crippen LogP contribution in [0.2, 0.25) is 0 Å². The smallest absolute Gasteiger partial charge is 0.251 e. The van der Waals surface area contributed by atoms with Crippen molar-refractivity contribution >= 4 is 29.2 Å². The van der Waals surface area contributed by atoms with E-state index in [0.29, 0.717) is 12.5 Å². The number of nitrogens with zero attached hydrogens (tertiary/aromatic N) is 2. The van der Waals surface area contributed by atoms with Crippen molar-refractivity contribution in [3.63, 3.8) is 0 Å². The molecule has 178 valence electrons. The third-order valence-corrected chi connectivity index (χ3v) is 7.23. The Balaban J connectivity index is 0.00000241. The lowest BCUT2D eigenvalue weighted by molar-refractivity contribution is -0.142. The lowest BCUT2D eigenvalue weighted by Crippen LogP contribution is -2.45. The first-order chi connectivity index (χ1) is 16.3. The number of fused-ring (bicyclic) bond motifs is 1. The van der Waals surface area contributed by atoms with Crippen LogP contribution in [0.15, 0.2) is 54.7 Å². The predicted octanol–water partition coefficient (Wildman–Crippen LogP) is 5.75. The van der Waals surface area contributed by atoms with Crippen LogP contribution in [0.25, 0.3) is 22.0 Å². The van der Waals surface area contributed by atoms with Gasteiger partial charge in [0, 0.05) is 44.1 Å². The SMILES string of the molecule is Cl.O=C([C@H]1CCCO1)N1CCC(Oc2ccc(-c3ccc4cccnc4c3C3CC3)cc2)CC1. The Kier molecular flexibility index (Phi) is 6.75. The van der Waals surface area contributed by atoms with Gasteiger partial charge in [-0.15, -0.1) is 12.4 Å². The number of ether oxygens (including phenoxy) is 2. The molecule has 0 N–H and O–H groups in total. The molecule has 0 radical (unpaired) electrons. The van der Waals surface area contributed by atoms with Gasteiger partial charge in [0.15, 0.2) is 0 Å². The number of halogens is 1. The quantitative estimate of drug-likeness (QED) is 0.468. The van der Waals surface area contributed by atoms with Gasteiger partial charge in [-0.05, 0) is 66.5 Å². The van der Waals surface area contributed by atoms with E-state index in [2.05, 4.69) is 42.5 Å². The Labute approximate surface area is 206 Å². The van der Waals surface area contributed by atoms with Gasteiger partial charge in [0.2, 0.25) is 0 Å². The van der Waals surface area contributed by atoms with Crippen LogP contribution in [-0.4, -0.2) is 47.7 Å². The molecule has 3 aromatic rings. The lowest BCUT2D eigenvalue weighted by atomic mass is 9.94. The van der Waals surface area contributed by atoms with E-state index in [0.717, 1.165) is 50.0 Å². The summed E-state index contributed by atoms with van der Waals surface area (Å²) in [5.41, 5.74) is 5.04. The van der Waals surface area contributed by atoms with Gasteiger partial charge in [0.25, 0.3) is 5.91 Å². The summed E-state index contributed by atoms with van der Waals surface area (Å²) in [6, 6.07) is 17.1. The highest BCUT2D eigenvalue weighted by molar-refractivity contribution is 5.90. The summed E-state index contributed by atoms with van der Waals surface area (Å²) in [4.78, 5) is 19.2. The lowest BCUT2D eigenvalue weighted by Gasteiger charge is -2.33. The van der Waals surface area contributed by atoms with Crippen molar-refractivity contribution in [3.05, 3.63) is 60.3 Å². The molecule has 34 heavy (non-hydrogen) atoms. The van der Waals surface area contributed by atoms with Crippen LogP contribution >= 0.6 is 12.4 Å². The topological polar surface area (TPSA) is 51.7 Å². The summed E-state index contributed by atoms with van der Waals surface area (Å²) < 4.78 is 11.8. The Bertz CT molecular complexity index is 1150. The molecule has 3 heterocycles. The molecule has 2 aliphatic heterocycles. The van der Waals surface area contributed by atoms with Crippen molar-refractivity contribution in [1.29, 1.82) is 0 Å². The minimum Gasteiger partial charge on any atom is -0.490 e. The first-order valence-electron chi connectivity index (χ1n) is 12.3. The second kappa shape index (κ2) is 9.93. The summed E-state index contributed by atoms with van der Waals surface area (Å²) in [6.07, 6.45) is 7.90. The molecule has 1 atom stereocenters. The van der Waals surface area contributed by atoms with Crippen molar-refractivity contribution in [1.82, 2.24) is 9.88 Å². The number of amides is 1. The van der Waals surface area contributed by atoms with Crippen molar-refractivity contribution in [2.24, 2.45) is 0 Å². The van der Waals surface area contributed by atoms with Gasteiger partial charge in [-0.25, -0.2) is 0 Å². The monoisotopic (exact) mass is 478 g/mol. The number of piperidine rings is 1. The third-order valence-electron chi connectivity index (χ3n) is 7.23. The summed E-state index contributed by atoms with van der Waals surface area (Å²) >= 11 is 0. The van der Waals surface area contributed by atoms with Gasteiger partial charge in [0.1, 0.15) is 18.0 Å². The van der Waals surface area contributed by atoms with Crippen LogP contribution in [0.5, 0.6) is 5.75 Å². The number of hydrogen-bond donors (Lipinski definition) is 0. The molecule has 2 saturated heterocycles. The summed E-state index contributed by atoms with van der Waals surface area (Å²) in [5.74, 6) is 1.68. The molecule has 2 aromatic carbocycles. The van der Waals surface area contributed by atoms with Gasteiger partial charge in [-0.1, -0.05) is 30.3 Å². The van der Waals surface area contributed by atoms with Crippen LogP contribution in [-0.2, 0) is 9.53 Å². The summed E-state index contributed by atoms with van der Waals surface area (Å²) in [6.45, 7) is 2.20. The number of rotatable bonds is 5. The highest BCUT2D eigenvalue weighted by Crippen LogP contribution is 2.47. The zero-order valence-electron chi connectivity index (χ0n) is 19.3. The normalized spacial score (nSPS) is 20.8. The van der Waals surface area contributed by atoms with E-state index in [4.69, 9.17) is 14.5 Å². The molecule has 3 aliphatic rings. The number of carbonyl (C=O) groups is 1. The Morgan fingerprint density at radius 1 is 0.971 bits per heavy atom. The molecule has 0 spiro atoms. The zero-order chi connectivity index (χ0) is 22.2. The molecule has 3 fully saturated rings. The first-order valence-corrected chi connectivity index (χ1v) is 12.3. The van der Waals surface area contributed by atoms with E-state index < -0.39 is 0 Å². The third kappa shape index (κ3) is 4.64. The second-order valence-corrected chi connectivity index (χ2v) is 9.54. The van der Waals surface area contributed by atoms with Crippen molar-refractivity contribution in [2.75, 3.05) is 19.7 Å². The van der Waals surface area contributed by atoms with Crippen LogP contribution in [0.3, 0.4) is 0 Å². The van der Waals surface area contributed by atoms with Crippen molar-refractivity contribution in [3.8, 4) is 16.9 Å². The van der Waals surface area contributed by atoms with Crippen LogP contribution < -0.4 is 4.74 Å². The molecular formula is C28H31ClN2O3. The van der Waals surface area contributed by atoms with E-state index in [-0.39, 0.29) is 30.5 Å². The average Bonchev–Trinajstić information content (AvgIpc) is 3.56. The van der Waals surface area contributed by atoms with Gasteiger partial charge in [-0.3, -0.25) is 9.78 Å². The van der Waals surface area contributed by atoms with Crippen molar-refractivity contribution in [2.45, 2.75) is 56.7 Å². The summed E-state index contributed by atoms with van der Waals surface area (Å²) in [5, 5.41) is 1.22. The van der Waals surface area contributed by atoms with Gasteiger partial charge in [0.05, 0.1) is 5.52 Å². The highest BCUT2D eigenvalue weighted by atomic mass is 35.5. The van der Waals surface area contributed by atoms with E-state index >= 15 is 0 Å². The molecular weight excluding hydrogens is 448 g/mol. The fourth-order valence-corrected chi connectivity index (χ4v) is 5.28. The van der Waals surface area contributed by atoms with Crippen LogP contribution in [0.4, 0.5) is 0 Å². The fraction of sp³-hybridized carbons (Fsp3) is 0.429. The molecule has 1 aromatic heterocycles. The van der Waals surface area contributed by atoms with E-state index in [1.54, 1.807) is 0 Å². The second-order valence-electron chi connectivity index (χ2n) is 9.54. The van der Waals surface area contributed by atoms with Crippen molar-refractivity contribution < 1.29 is 14.3 Å². The minimum absolute atomic E-state index is 0. The zero-order valence-corrected chi connectivity index (χ0v) is 20.1. The summed E-state index contributed by atoms with van der Waals surface area (Å²) in [7, 11) is 0. The largest absolute Gasteiger partial charge is 0.490 e. The highest BCUT2D eigenvalue weighted by Gasteiger charge is 2.32. The maximum absolute atomic E-state index is 12.6. The van der Waals surface area contributed by atoms with Crippen LogP contribution in [0, 0.1) is 0 Å². The van der Waals surface area contributed by atoms with E-state index in [9.17, 15) is 4.79 Å². The van der Waals surface area contributed by atoms with Gasteiger partial charge >= 0.3 is 0 Å². The van der Waals surface area contributed by atoms with Gasteiger partial charge in [-0.2, -0.15) is 0 Å². The molecule has 1 aliphatic carbocycles. The Morgan fingerprint density at radius 2 is 1.76 bits per heavy atom. The predicted molar refractivity (Wildman–Crippen MR) is 136 cm³/mol. The number of hydrogen-bond acceptors (Lipinski definition) is 4.